The third kappa shape index (κ3) is 3.24. The molecule has 2 aromatic rings. The van der Waals surface area contributed by atoms with Crippen LogP contribution in [0.2, 0.25) is 0 Å². The molecule has 3 atom stereocenters. The van der Waals surface area contributed by atoms with Gasteiger partial charge in [0.2, 0.25) is 0 Å². The lowest BCUT2D eigenvalue weighted by atomic mass is 9.96. The molecule has 3 unspecified atom stereocenters. The molecule has 0 spiro atoms. The molecule has 0 radical (unpaired) electrons. The van der Waals surface area contributed by atoms with Crippen molar-refractivity contribution in [1.82, 2.24) is 0 Å². The number of ether oxygens (including phenoxy) is 2. The topological polar surface area (TPSA) is 18.5 Å². The van der Waals surface area contributed by atoms with Crippen molar-refractivity contribution in [3.63, 3.8) is 0 Å². The van der Waals surface area contributed by atoms with Gasteiger partial charge in [-0.05, 0) is 60.8 Å². The van der Waals surface area contributed by atoms with Gasteiger partial charge in [0.25, 0.3) is 0 Å². The SMILES string of the molecule is COc1cccc2c1-c1ccccc1P(C1CCCCC1)C1CCCCC1O2. The Morgan fingerprint density at radius 3 is 2.50 bits per heavy atom. The minimum atomic E-state index is -0.229. The lowest BCUT2D eigenvalue weighted by Gasteiger charge is -2.44. The van der Waals surface area contributed by atoms with Crippen LogP contribution >= 0.6 is 7.92 Å². The second kappa shape index (κ2) is 8.07. The smallest absolute Gasteiger partial charge is 0.131 e. The molecule has 148 valence electrons. The summed E-state index contributed by atoms with van der Waals surface area (Å²) in [4.78, 5) is 0. The average molecular weight is 394 g/mol. The van der Waals surface area contributed by atoms with Gasteiger partial charge in [0.05, 0.1) is 12.7 Å². The molecule has 3 heteroatoms. The van der Waals surface area contributed by atoms with Gasteiger partial charge < -0.3 is 9.47 Å². The van der Waals surface area contributed by atoms with Crippen molar-refractivity contribution in [2.24, 2.45) is 0 Å². The van der Waals surface area contributed by atoms with Gasteiger partial charge >= 0.3 is 0 Å². The Kier molecular flexibility index (Phi) is 5.33. The Morgan fingerprint density at radius 2 is 1.64 bits per heavy atom. The van der Waals surface area contributed by atoms with E-state index in [-0.39, 0.29) is 7.92 Å². The fourth-order valence-corrected chi connectivity index (χ4v) is 9.62. The quantitative estimate of drug-likeness (QED) is 0.541. The molecule has 0 N–H and O–H groups in total. The largest absolute Gasteiger partial charge is 0.496 e. The fourth-order valence-electron chi connectivity index (χ4n) is 5.66. The summed E-state index contributed by atoms with van der Waals surface area (Å²) in [5.41, 5.74) is 4.09. The zero-order valence-corrected chi connectivity index (χ0v) is 17.8. The van der Waals surface area contributed by atoms with E-state index in [0.29, 0.717) is 11.8 Å². The summed E-state index contributed by atoms with van der Waals surface area (Å²) in [6.07, 6.45) is 12.6. The summed E-state index contributed by atoms with van der Waals surface area (Å²) in [5, 5.41) is 1.61. The molecule has 0 bridgehead atoms. The lowest BCUT2D eigenvalue weighted by molar-refractivity contribution is 0.159. The van der Waals surface area contributed by atoms with Crippen LogP contribution in [0.4, 0.5) is 0 Å². The van der Waals surface area contributed by atoms with Crippen molar-refractivity contribution in [2.45, 2.75) is 75.2 Å². The van der Waals surface area contributed by atoms with Crippen molar-refractivity contribution in [1.29, 1.82) is 0 Å². The van der Waals surface area contributed by atoms with Crippen LogP contribution in [0.3, 0.4) is 0 Å². The van der Waals surface area contributed by atoms with E-state index in [9.17, 15) is 0 Å². The molecule has 3 aliphatic rings. The monoisotopic (exact) mass is 394 g/mol. The highest BCUT2D eigenvalue weighted by Crippen LogP contribution is 2.58. The van der Waals surface area contributed by atoms with Crippen LogP contribution < -0.4 is 14.8 Å². The first-order chi connectivity index (χ1) is 13.9. The summed E-state index contributed by atoms with van der Waals surface area (Å²) in [6, 6.07) is 15.5. The predicted octanol–water partition coefficient (Wildman–Crippen LogP) is 6.51. The second-order valence-corrected chi connectivity index (χ2v) is 11.2. The number of fused-ring (bicyclic) bond motifs is 4. The number of rotatable bonds is 2. The molecule has 2 aromatic carbocycles. The highest BCUT2D eigenvalue weighted by Gasteiger charge is 2.41. The molecule has 1 aliphatic heterocycles. The highest BCUT2D eigenvalue weighted by molar-refractivity contribution is 7.67. The first-order valence-corrected chi connectivity index (χ1v) is 12.6. The van der Waals surface area contributed by atoms with Gasteiger partial charge in [-0.1, -0.05) is 63.9 Å². The van der Waals surface area contributed by atoms with Gasteiger partial charge in [0, 0.05) is 5.66 Å². The molecule has 0 amide bonds. The number of hydrogen-bond donors (Lipinski definition) is 0. The van der Waals surface area contributed by atoms with Crippen molar-refractivity contribution in [3.05, 3.63) is 42.5 Å². The van der Waals surface area contributed by atoms with Crippen molar-refractivity contribution in [3.8, 4) is 22.6 Å². The summed E-state index contributed by atoms with van der Waals surface area (Å²) in [7, 11) is 1.55. The van der Waals surface area contributed by atoms with Crippen LogP contribution in [-0.2, 0) is 0 Å². The average Bonchev–Trinajstić information content (AvgIpc) is 2.75. The summed E-state index contributed by atoms with van der Waals surface area (Å²) in [6.45, 7) is 0. The Balaban J connectivity index is 1.71. The van der Waals surface area contributed by atoms with Crippen molar-refractivity contribution >= 4 is 13.2 Å². The van der Waals surface area contributed by atoms with Gasteiger partial charge in [-0.2, -0.15) is 0 Å². The van der Waals surface area contributed by atoms with E-state index in [1.54, 1.807) is 12.4 Å². The Hall–Kier alpha value is -1.53. The fraction of sp³-hybridized carbons (Fsp3) is 0.520. The van der Waals surface area contributed by atoms with Gasteiger partial charge in [-0.3, -0.25) is 0 Å². The van der Waals surface area contributed by atoms with Gasteiger partial charge in [-0.25, -0.2) is 0 Å². The summed E-state index contributed by atoms with van der Waals surface area (Å²) >= 11 is 0. The highest BCUT2D eigenvalue weighted by atomic mass is 31.1. The maximum absolute atomic E-state index is 6.80. The van der Waals surface area contributed by atoms with E-state index in [4.69, 9.17) is 9.47 Å². The molecule has 2 saturated carbocycles. The molecular weight excluding hydrogens is 363 g/mol. The zero-order valence-electron chi connectivity index (χ0n) is 16.9. The van der Waals surface area contributed by atoms with Gasteiger partial charge in [-0.15, -0.1) is 0 Å². The molecule has 0 aromatic heterocycles. The van der Waals surface area contributed by atoms with Crippen LogP contribution in [-0.4, -0.2) is 24.5 Å². The molecule has 2 fully saturated rings. The normalized spacial score (nSPS) is 27.4. The van der Waals surface area contributed by atoms with Crippen LogP contribution in [0, 0.1) is 0 Å². The standard InChI is InChI=1S/C25H31O2P/c1-26-21-14-9-15-22-25(21)19-12-5-7-16-23(19)28(18-10-3-2-4-11-18)24-17-8-6-13-20(24)27-22/h5,7,9,12,14-16,18,20,24H,2-4,6,8,10-11,13,17H2,1H3. The first kappa shape index (κ1) is 18.5. The molecule has 28 heavy (non-hydrogen) atoms. The van der Waals surface area contributed by atoms with E-state index in [0.717, 1.165) is 17.2 Å². The predicted molar refractivity (Wildman–Crippen MR) is 119 cm³/mol. The maximum Gasteiger partial charge on any atom is 0.131 e. The Morgan fingerprint density at radius 1 is 0.857 bits per heavy atom. The van der Waals surface area contributed by atoms with Crippen LogP contribution in [0.1, 0.15) is 57.8 Å². The van der Waals surface area contributed by atoms with Crippen molar-refractivity contribution < 1.29 is 9.47 Å². The second-order valence-electron chi connectivity index (χ2n) is 8.56. The van der Waals surface area contributed by atoms with E-state index >= 15 is 0 Å². The zero-order chi connectivity index (χ0) is 18.9. The van der Waals surface area contributed by atoms with Gasteiger partial charge in [0.15, 0.2) is 0 Å². The molecule has 1 heterocycles. The molecule has 2 nitrogen and oxygen atoms in total. The van der Waals surface area contributed by atoms with Crippen LogP contribution in [0.25, 0.3) is 11.1 Å². The summed E-state index contributed by atoms with van der Waals surface area (Å²) < 4.78 is 12.6. The third-order valence-corrected chi connectivity index (χ3v) is 10.5. The maximum atomic E-state index is 6.80. The van der Waals surface area contributed by atoms with E-state index in [2.05, 4.69) is 42.5 Å². The Labute approximate surface area is 170 Å². The van der Waals surface area contributed by atoms with E-state index < -0.39 is 0 Å². The van der Waals surface area contributed by atoms with E-state index in [1.165, 1.54) is 68.9 Å². The Bertz CT molecular complexity index is 827. The third-order valence-electron chi connectivity index (χ3n) is 6.93. The first-order valence-electron chi connectivity index (χ1n) is 11.1. The molecule has 2 aliphatic carbocycles. The lowest BCUT2D eigenvalue weighted by Crippen LogP contribution is -2.40. The number of benzene rings is 2. The summed E-state index contributed by atoms with van der Waals surface area (Å²) in [5.74, 6) is 1.96. The molecule has 5 rings (SSSR count). The van der Waals surface area contributed by atoms with Gasteiger partial charge in [0.1, 0.15) is 17.6 Å². The van der Waals surface area contributed by atoms with E-state index in [1.807, 2.05) is 0 Å². The van der Waals surface area contributed by atoms with Crippen LogP contribution in [0.5, 0.6) is 11.5 Å². The molecule has 0 saturated heterocycles. The minimum Gasteiger partial charge on any atom is -0.496 e. The number of hydrogen-bond acceptors (Lipinski definition) is 2. The number of methoxy groups -OCH3 is 1. The minimum absolute atomic E-state index is 0.229. The molecular formula is C25H31O2P. The van der Waals surface area contributed by atoms with Crippen LogP contribution in [0.15, 0.2) is 42.5 Å². The van der Waals surface area contributed by atoms with Crippen molar-refractivity contribution in [2.75, 3.05) is 7.11 Å².